The summed E-state index contributed by atoms with van der Waals surface area (Å²) in [6, 6.07) is 12.1. The van der Waals surface area contributed by atoms with Gasteiger partial charge in [0.2, 0.25) is 0 Å². The van der Waals surface area contributed by atoms with Crippen LogP contribution in [0.4, 0.5) is 5.69 Å². The molecule has 0 heterocycles. The molecule has 0 spiro atoms. The van der Waals surface area contributed by atoms with Crippen LogP contribution in [-0.4, -0.2) is 37.8 Å². The molecule has 0 aliphatic carbocycles. The van der Waals surface area contributed by atoms with E-state index in [9.17, 15) is 0 Å². The molecule has 26 heavy (non-hydrogen) atoms. The van der Waals surface area contributed by atoms with Crippen molar-refractivity contribution in [1.82, 2.24) is 10.2 Å². The van der Waals surface area contributed by atoms with Gasteiger partial charge in [-0.05, 0) is 63.4 Å². The zero-order valence-corrected chi connectivity index (χ0v) is 17.5. The van der Waals surface area contributed by atoms with Gasteiger partial charge in [-0.2, -0.15) is 0 Å². The van der Waals surface area contributed by atoms with E-state index in [1.807, 2.05) is 52.2 Å². The molecule has 0 aromatic heterocycles. The van der Waals surface area contributed by atoms with Gasteiger partial charge in [0, 0.05) is 12.1 Å². The van der Waals surface area contributed by atoms with Crippen LogP contribution in [0.25, 0.3) is 0 Å². The summed E-state index contributed by atoms with van der Waals surface area (Å²) in [6.07, 6.45) is 0. The van der Waals surface area contributed by atoms with E-state index >= 15 is 0 Å². The lowest BCUT2D eigenvalue weighted by atomic mass is 10.0. The second kappa shape index (κ2) is 9.21. The molecule has 1 atom stereocenters. The molecule has 0 radical (unpaired) electrons. The number of hydrogen-bond donors (Lipinski definition) is 2. The normalized spacial score (nSPS) is 12.0. The van der Waals surface area contributed by atoms with Gasteiger partial charge in [-0.1, -0.05) is 35.9 Å². The van der Waals surface area contributed by atoms with Gasteiger partial charge in [-0.3, -0.25) is 0 Å². The third-order valence-electron chi connectivity index (χ3n) is 4.25. The van der Waals surface area contributed by atoms with Crippen molar-refractivity contribution in [1.29, 1.82) is 0 Å². The Balaban J connectivity index is 2.09. The maximum absolute atomic E-state index is 6.35. The zero-order chi connectivity index (χ0) is 19.3. The van der Waals surface area contributed by atoms with E-state index in [4.69, 9.17) is 28.6 Å². The lowest BCUT2D eigenvalue weighted by molar-refractivity contribution is 0.288. The van der Waals surface area contributed by atoms with Gasteiger partial charge in [-0.25, -0.2) is 0 Å². The molecule has 6 heteroatoms. The molecule has 0 saturated heterocycles. The van der Waals surface area contributed by atoms with E-state index in [-0.39, 0.29) is 6.04 Å². The number of aryl methyl sites for hydroxylation is 2. The minimum absolute atomic E-state index is 0.112. The lowest BCUT2D eigenvalue weighted by Gasteiger charge is -2.27. The van der Waals surface area contributed by atoms with Gasteiger partial charge < -0.3 is 20.3 Å². The average Bonchev–Trinajstić information content (AvgIpc) is 2.58. The van der Waals surface area contributed by atoms with Crippen LogP contribution in [0.3, 0.4) is 0 Å². The predicted octanol–water partition coefficient (Wildman–Crippen LogP) is 4.55. The van der Waals surface area contributed by atoms with Crippen molar-refractivity contribution in [2.75, 3.05) is 33.1 Å². The van der Waals surface area contributed by atoms with Crippen LogP contribution >= 0.6 is 23.8 Å². The molecule has 2 aromatic carbocycles. The number of benzene rings is 2. The molecule has 0 unspecified atom stereocenters. The van der Waals surface area contributed by atoms with Crippen LogP contribution < -0.4 is 15.4 Å². The van der Waals surface area contributed by atoms with Crippen LogP contribution in [0.15, 0.2) is 36.4 Å². The molecule has 0 aliphatic heterocycles. The molecule has 2 rings (SSSR count). The number of halogens is 1. The molecular weight excluding hydrogens is 366 g/mol. The number of ether oxygens (including phenoxy) is 1. The highest BCUT2D eigenvalue weighted by atomic mass is 35.5. The summed E-state index contributed by atoms with van der Waals surface area (Å²) in [5.41, 5.74) is 4.14. The molecule has 2 N–H and O–H groups in total. The van der Waals surface area contributed by atoms with Crippen LogP contribution in [0.1, 0.15) is 22.7 Å². The first-order valence-electron chi connectivity index (χ1n) is 8.44. The van der Waals surface area contributed by atoms with Gasteiger partial charge in [0.15, 0.2) is 5.11 Å². The number of nitrogens with zero attached hydrogens (tertiary/aromatic N) is 1. The fraction of sp³-hybridized carbons (Fsp3) is 0.350. The number of nitrogens with one attached hydrogen (secondary N) is 2. The third-order valence-corrected chi connectivity index (χ3v) is 4.79. The number of thiocarbonyl (C=S) groups is 1. The van der Waals surface area contributed by atoms with Crippen LogP contribution in [0, 0.1) is 13.8 Å². The fourth-order valence-electron chi connectivity index (χ4n) is 2.93. The van der Waals surface area contributed by atoms with Gasteiger partial charge in [0.1, 0.15) is 5.75 Å². The fourth-order valence-corrected chi connectivity index (χ4v) is 3.49. The first kappa shape index (κ1) is 20.5. The maximum Gasteiger partial charge on any atom is 0.170 e. The Morgan fingerprint density at radius 2 is 1.92 bits per heavy atom. The molecule has 2 aromatic rings. The molecule has 0 bridgehead atoms. The third kappa shape index (κ3) is 5.10. The minimum Gasteiger partial charge on any atom is -0.496 e. The Kier molecular flexibility index (Phi) is 7.26. The summed E-state index contributed by atoms with van der Waals surface area (Å²) < 4.78 is 5.50. The Morgan fingerprint density at radius 1 is 1.23 bits per heavy atom. The summed E-state index contributed by atoms with van der Waals surface area (Å²) in [5.74, 6) is 0.865. The quantitative estimate of drug-likeness (QED) is 0.706. The molecular formula is C20H26ClN3OS. The van der Waals surface area contributed by atoms with Crippen molar-refractivity contribution >= 4 is 34.6 Å². The van der Waals surface area contributed by atoms with E-state index in [2.05, 4.69) is 27.7 Å². The molecule has 0 aliphatic rings. The Morgan fingerprint density at radius 3 is 2.54 bits per heavy atom. The molecule has 0 saturated carbocycles. The second-order valence-electron chi connectivity index (χ2n) is 6.50. The molecule has 0 fully saturated rings. The number of hydrogen-bond acceptors (Lipinski definition) is 3. The number of para-hydroxylation sites is 1. The lowest BCUT2D eigenvalue weighted by Crippen LogP contribution is -2.37. The Labute approximate surface area is 166 Å². The van der Waals surface area contributed by atoms with E-state index < -0.39 is 0 Å². The molecule has 0 amide bonds. The average molecular weight is 392 g/mol. The van der Waals surface area contributed by atoms with Gasteiger partial charge in [0.25, 0.3) is 0 Å². The summed E-state index contributed by atoms with van der Waals surface area (Å²) in [4.78, 5) is 2.14. The number of likely N-dealkylation sites (N-methyl/N-ethyl adjacent to an activating group) is 1. The van der Waals surface area contributed by atoms with E-state index in [1.165, 1.54) is 0 Å². The molecule has 140 valence electrons. The Bertz CT molecular complexity index is 756. The smallest absolute Gasteiger partial charge is 0.170 e. The summed E-state index contributed by atoms with van der Waals surface area (Å²) >= 11 is 11.8. The number of methoxy groups -OCH3 is 1. The van der Waals surface area contributed by atoms with Crippen molar-refractivity contribution in [3.63, 3.8) is 0 Å². The zero-order valence-electron chi connectivity index (χ0n) is 15.9. The first-order chi connectivity index (χ1) is 12.3. The summed E-state index contributed by atoms with van der Waals surface area (Å²) in [5, 5.41) is 7.72. The topological polar surface area (TPSA) is 36.5 Å². The SMILES string of the molecule is COc1ccccc1[C@H](CNC(=S)Nc1c(C)cc(C)cc1Cl)N(C)C. The largest absolute Gasteiger partial charge is 0.496 e. The van der Waals surface area contributed by atoms with Crippen LogP contribution in [0.5, 0.6) is 5.75 Å². The first-order valence-corrected chi connectivity index (χ1v) is 9.23. The Hall–Kier alpha value is -1.82. The van der Waals surface area contributed by atoms with Crippen LogP contribution in [0.2, 0.25) is 5.02 Å². The number of anilines is 1. The van der Waals surface area contributed by atoms with Crippen LogP contribution in [-0.2, 0) is 0 Å². The van der Waals surface area contributed by atoms with Crippen molar-refractivity contribution < 1.29 is 4.74 Å². The minimum atomic E-state index is 0.112. The van der Waals surface area contributed by atoms with E-state index in [0.717, 1.165) is 28.1 Å². The second-order valence-corrected chi connectivity index (χ2v) is 7.31. The number of rotatable bonds is 6. The van der Waals surface area contributed by atoms with Crippen molar-refractivity contribution in [2.45, 2.75) is 19.9 Å². The van der Waals surface area contributed by atoms with Gasteiger partial charge >= 0.3 is 0 Å². The molecule has 4 nitrogen and oxygen atoms in total. The van der Waals surface area contributed by atoms with Crippen molar-refractivity contribution in [3.05, 3.63) is 58.1 Å². The van der Waals surface area contributed by atoms with E-state index in [0.29, 0.717) is 16.7 Å². The van der Waals surface area contributed by atoms with Crippen molar-refractivity contribution in [3.8, 4) is 5.75 Å². The van der Waals surface area contributed by atoms with E-state index in [1.54, 1.807) is 7.11 Å². The van der Waals surface area contributed by atoms with Gasteiger partial charge in [-0.15, -0.1) is 0 Å². The highest BCUT2D eigenvalue weighted by Crippen LogP contribution is 2.28. The van der Waals surface area contributed by atoms with Crippen molar-refractivity contribution in [2.24, 2.45) is 0 Å². The highest BCUT2D eigenvalue weighted by molar-refractivity contribution is 7.80. The monoisotopic (exact) mass is 391 g/mol. The highest BCUT2D eigenvalue weighted by Gasteiger charge is 2.18. The standard InChI is InChI=1S/C20H26ClN3OS/c1-13-10-14(2)19(16(21)11-13)23-20(26)22-12-17(24(3)4)15-8-6-7-9-18(15)25-5/h6-11,17H,12H2,1-5H3,(H2,22,23,26)/t17-/m0/s1. The predicted molar refractivity (Wildman–Crippen MR) is 115 cm³/mol. The van der Waals surface area contributed by atoms with Gasteiger partial charge in [0.05, 0.1) is 23.9 Å². The summed E-state index contributed by atoms with van der Waals surface area (Å²) in [6.45, 7) is 4.68. The maximum atomic E-state index is 6.35. The summed E-state index contributed by atoms with van der Waals surface area (Å²) in [7, 11) is 5.76.